The molecule has 0 heterocycles. The quantitative estimate of drug-likeness (QED) is 0.389. The van der Waals surface area contributed by atoms with E-state index in [9.17, 15) is 5.11 Å². The van der Waals surface area contributed by atoms with Gasteiger partial charge in [-0.3, -0.25) is 0 Å². The lowest BCUT2D eigenvalue weighted by Crippen LogP contribution is -2.67. The topological polar surface area (TPSA) is 20.2 Å². The van der Waals surface area contributed by atoms with E-state index < -0.39 is 0 Å². The van der Waals surface area contributed by atoms with E-state index in [1.54, 1.807) is 0 Å². The average molecular weight is 427 g/mol. The Hall–Kier alpha value is -0.300. The molecule has 0 amide bonds. The lowest BCUT2D eigenvalue weighted by Gasteiger charge is -2.73. The third kappa shape index (κ3) is 2.65. The molecular weight excluding hydrogens is 376 g/mol. The Labute approximate surface area is 192 Å². The lowest BCUT2D eigenvalue weighted by molar-refractivity contribution is -0.251. The van der Waals surface area contributed by atoms with Gasteiger partial charge in [0, 0.05) is 0 Å². The maximum atomic E-state index is 10.9. The Morgan fingerprint density at radius 3 is 2.19 bits per heavy atom. The minimum Gasteiger partial charge on any atom is -0.393 e. The van der Waals surface area contributed by atoms with Crippen molar-refractivity contribution in [3.8, 4) is 0 Å². The molecular formula is C30H50O. The number of aliphatic hydroxyl groups is 1. The number of aliphatic hydroxyl groups excluding tert-OH is 1. The summed E-state index contributed by atoms with van der Waals surface area (Å²) >= 11 is 0. The van der Waals surface area contributed by atoms with Gasteiger partial charge in [-0.05, 0) is 121 Å². The van der Waals surface area contributed by atoms with Crippen LogP contribution in [0.25, 0.3) is 0 Å². The van der Waals surface area contributed by atoms with Crippen molar-refractivity contribution >= 4 is 0 Å². The highest BCUT2D eigenvalue weighted by atomic mass is 16.3. The first kappa shape index (κ1) is 22.5. The smallest absolute Gasteiger partial charge is 0.0594 e. The van der Waals surface area contributed by atoms with Crippen LogP contribution in [-0.2, 0) is 0 Å². The second kappa shape index (κ2) is 6.64. The maximum absolute atomic E-state index is 10.9. The van der Waals surface area contributed by atoms with Crippen molar-refractivity contribution in [1.82, 2.24) is 0 Å². The molecule has 0 radical (unpaired) electrons. The minimum atomic E-state index is -0.119. The van der Waals surface area contributed by atoms with Crippen molar-refractivity contribution < 1.29 is 5.11 Å². The Bertz CT molecular complexity index is 766. The van der Waals surface area contributed by atoms with Crippen molar-refractivity contribution in [1.29, 1.82) is 0 Å². The molecule has 0 aromatic heterocycles. The zero-order valence-electron chi connectivity index (χ0n) is 21.7. The lowest BCUT2D eigenvalue weighted by atomic mass is 9.31. The molecule has 0 bridgehead atoms. The summed E-state index contributed by atoms with van der Waals surface area (Å²) in [5.74, 6) is 3.88. The summed E-state index contributed by atoms with van der Waals surface area (Å²) in [6.07, 6.45) is 13.2. The van der Waals surface area contributed by atoms with E-state index in [-0.39, 0.29) is 11.5 Å². The van der Waals surface area contributed by atoms with Crippen molar-refractivity contribution in [2.24, 2.45) is 56.7 Å². The van der Waals surface area contributed by atoms with Crippen LogP contribution in [0.2, 0.25) is 0 Å². The van der Waals surface area contributed by atoms with E-state index in [4.69, 9.17) is 0 Å². The number of rotatable bonds is 0. The van der Waals surface area contributed by atoms with Crippen LogP contribution in [0.3, 0.4) is 0 Å². The Morgan fingerprint density at radius 2 is 1.48 bits per heavy atom. The maximum Gasteiger partial charge on any atom is 0.0594 e. The number of allylic oxidation sites excluding steroid dienone is 1. The largest absolute Gasteiger partial charge is 0.393 e. The van der Waals surface area contributed by atoms with E-state index in [1.165, 1.54) is 63.4 Å². The van der Waals surface area contributed by atoms with Crippen LogP contribution in [0, 0.1) is 56.7 Å². The third-order valence-corrected chi connectivity index (χ3v) is 13.6. The summed E-state index contributed by atoms with van der Waals surface area (Å²) in [6.45, 7) is 22.6. The normalized spacial score (nSPS) is 58.5. The van der Waals surface area contributed by atoms with E-state index >= 15 is 0 Å². The first-order valence-electron chi connectivity index (χ1n) is 13.7. The van der Waals surface area contributed by atoms with Gasteiger partial charge in [-0.25, -0.2) is 0 Å². The van der Waals surface area contributed by atoms with Gasteiger partial charge >= 0.3 is 0 Å². The highest BCUT2D eigenvalue weighted by molar-refractivity contribution is 5.21. The Morgan fingerprint density at radius 1 is 0.774 bits per heavy atom. The summed E-state index contributed by atoms with van der Waals surface area (Å²) in [4.78, 5) is 0. The molecule has 5 aliphatic carbocycles. The first-order chi connectivity index (χ1) is 14.3. The number of fused-ring (bicyclic) bond motifs is 7. The van der Waals surface area contributed by atoms with Gasteiger partial charge in [-0.15, -0.1) is 0 Å². The zero-order chi connectivity index (χ0) is 22.6. The zero-order valence-corrected chi connectivity index (χ0v) is 21.7. The fourth-order valence-corrected chi connectivity index (χ4v) is 11.4. The van der Waals surface area contributed by atoms with Crippen molar-refractivity contribution in [3.05, 3.63) is 12.2 Å². The number of hydrogen-bond donors (Lipinski definition) is 1. The molecule has 1 N–H and O–H groups in total. The predicted octanol–water partition coefficient (Wildman–Crippen LogP) is 8.02. The van der Waals surface area contributed by atoms with Crippen LogP contribution < -0.4 is 0 Å². The fraction of sp³-hybridized carbons (Fsp3) is 0.933. The highest BCUT2D eigenvalue weighted by Crippen LogP contribution is 2.76. The van der Waals surface area contributed by atoms with Crippen LogP contribution in [0.4, 0.5) is 0 Å². The summed E-state index contributed by atoms with van der Waals surface area (Å²) < 4.78 is 0. The van der Waals surface area contributed by atoms with Gasteiger partial charge in [0.1, 0.15) is 0 Å². The minimum absolute atomic E-state index is 0.0623. The van der Waals surface area contributed by atoms with E-state index in [0.717, 1.165) is 24.2 Å². The van der Waals surface area contributed by atoms with Gasteiger partial charge in [0.15, 0.2) is 0 Å². The van der Waals surface area contributed by atoms with Crippen LogP contribution in [0.15, 0.2) is 12.2 Å². The van der Waals surface area contributed by atoms with E-state index in [2.05, 4.69) is 55.0 Å². The second-order valence-corrected chi connectivity index (χ2v) is 14.7. The second-order valence-electron chi connectivity index (χ2n) is 14.7. The summed E-state index contributed by atoms with van der Waals surface area (Å²) in [6, 6.07) is 0. The van der Waals surface area contributed by atoms with Crippen LogP contribution in [0.5, 0.6) is 0 Å². The van der Waals surface area contributed by atoms with Crippen LogP contribution in [0.1, 0.15) is 113 Å². The molecule has 0 spiro atoms. The Kier molecular flexibility index (Phi) is 4.82. The summed E-state index contributed by atoms with van der Waals surface area (Å²) in [5.41, 5.74) is 3.43. The monoisotopic (exact) mass is 426 g/mol. The van der Waals surface area contributed by atoms with Gasteiger partial charge in [0.25, 0.3) is 0 Å². The van der Waals surface area contributed by atoms with Gasteiger partial charge in [-0.1, -0.05) is 60.6 Å². The summed E-state index contributed by atoms with van der Waals surface area (Å²) in [7, 11) is 0. The van der Waals surface area contributed by atoms with Gasteiger partial charge in [-0.2, -0.15) is 0 Å². The molecule has 0 aromatic carbocycles. The molecule has 5 saturated carbocycles. The van der Waals surface area contributed by atoms with Crippen LogP contribution in [-0.4, -0.2) is 11.2 Å². The molecule has 0 aliphatic heterocycles. The third-order valence-electron chi connectivity index (χ3n) is 13.6. The molecule has 176 valence electrons. The fourth-order valence-electron chi connectivity index (χ4n) is 11.4. The summed E-state index contributed by atoms with van der Waals surface area (Å²) in [5, 5.41) is 10.9. The van der Waals surface area contributed by atoms with Crippen LogP contribution >= 0.6 is 0 Å². The molecule has 0 unspecified atom stereocenters. The highest BCUT2D eigenvalue weighted by Gasteiger charge is 2.69. The van der Waals surface area contributed by atoms with Crippen molar-refractivity contribution in [2.75, 3.05) is 0 Å². The standard InChI is InChI=1S/C30H50O/c1-19-11-14-27(5)17-18-29(7)21(25(27)20(19)2)9-10-23-28(6)15-13-24(31)26(3,4)22(28)12-16-30(23,29)8/h20-25,31H,1,9-18H2,2-8H3/t20-,21-,22-,23-,24-,25+,27-,28+,29-,30-/m1/s1. The molecule has 5 fully saturated rings. The van der Waals surface area contributed by atoms with Crippen molar-refractivity contribution in [3.63, 3.8) is 0 Å². The van der Waals surface area contributed by atoms with Gasteiger partial charge < -0.3 is 5.11 Å². The molecule has 5 rings (SSSR count). The predicted molar refractivity (Wildman–Crippen MR) is 131 cm³/mol. The van der Waals surface area contributed by atoms with Gasteiger partial charge in [0.05, 0.1) is 6.10 Å². The molecule has 31 heavy (non-hydrogen) atoms. The molecule has 10 atom stereocenters. The van der Waals surface area contributed by atoms with Crippen molar-refractivity contribution in [2.45, 2.75) is 119 Å². The Balaban J connectivity index is 1.54. The van der Waals surface area contributed by atoms with E-state index in [1.807, 2.05) is 0 Å². The molecule has 0 aromatic rings. The average Bonchev–Trinajstić information content (AvgIpc) is 2.69. The van der Waals surface area contributed by atoms with Gasteiger partial charge in [0.2, 0.25) is 0 Å². The molecule has 1 heteroatoms. The SMILES string of the molecule is C=C1CC[C@]2(C)CC[C@]3(C)[C@H](CC[C@@H]4[C@@]5(C)CC[C@@H](O)C(C)(C)[C@H]5CC[C@]43C)[C@@H]2[C@@H]1C. The molecule has 5 aliphatic rings. The molecule has 1 nitrogen and oxygen atoms in total. The number of hydrogen-bond acceptors (Lipinski definition) is 1. The van der Waals surface area contributed by atoms with E-state index in [0.29, 0.717) is 33.5 Å². The first-order valence-corrected chi connectivity index (χ1v) is 13.7. The molecule has 0 saturated heterocycles.